The van der Waals surface area contributed by atoms with Crippen LogP contribution in [0.5, 0.6) is 0 Å². The summed E-state index contributed by atoms with van der Waals surface area (Å²) in [7, 11) is 0. The fourth-order valence-electron chi connectivity index (χ4n) is 3.17. The summed E-state index contributed by atoms with van der Waals surface area (Å²) in [5.41, 5.74) is 4.40. The lowest BCUT2D eigenvalue weighted by atomic mass is 10.0. The molecule has 1 saturated heterocycles. The molecule has 4 heteroatoms. The number of nitrogens with zero attached hydrogens (tertiary/aromatic N) is 3. The Bertz CT molecular complexity index is 791. The van der Waals surface area contributed by atoms with Crippen LogP contribution in [0.2, 0.25) is 0 Å². The number of pyridine rings is 1. The van der Waals surface area contributed by atoms with Gasteiger partial charge >= 0.3 is 0 Å². The number of benzene rings is 1. The van der Waals surface area contributed by atoms with Gasteiger partial charge in [-0.1, -0.05) is 24.3 Å². The number of hydrogen-bond acceptors (Lipinski definition) is 3. The second-order valence-corrected chi connectivity index (χ2v) is 6.23. The molecule has 1 atom stereocenters. The molecule has 3 aromatic rings. The Balaban J connectivity index is 1.54. The molecule has 0 radical (unpaired) electrons. The van der Waals surface area contributed by atoms with Crippen LogP contribution in [-0.2, 0) is 11.3 Å². The van der Waals surface area contributed by atoms with E-state index < -0.39 is 0 Å². The zero-order valence-electron chi connectivity index (χ0n) is 13.6. The van der Waals surface area contributed by atoms with Crippen LogP contribution in [0.25, 0.3) is 22.4 Å². The van der Waals surface area contributed by atoms with Gasteiger partial charge < -0.3 is 4.74 Å². The fourth-order valence-corrected chi connectivity index (χ4v) is 3.17. The summed E-state index contributed by atoms with van der Waals surface area (Å²) in [6.07, 6.45) is 9.60. The Morgan fingerprint density at radius 2 is 1.96 bits per heavy atom. The maximum Gasteiger partial charge on any atom is 0.0923 e. The molecule has 0 amide bonds. The maximum absolute atomic E-state index is 5.81. The molecule has 0 saturated carbocycles. The van der Waals surface area contributed by atoms with Gasteiger partial charge in [-0.05, 0) is 43.0 Å². The predicted octanol–water partition coefficient (Wildman–Crippen LogP) is 4.18. The van der Waals surface area contributed by atoms with Gasteiger partial charge in [0.1, 0.15) is 0 Å². The van der Waals surface area contributed by atoms with E-state index in [2.05, 4.69) is 41.4 Å². The Labute approximate surface area is 142 Å². The standard InChI is InChI=1S/C20H21N3O/c1-2-12-24-19(8-1)15-23-11-9-20(22-23)17-6-3-5-16(13-17)18-7-4-10-21-14-18/h3-7,9-11,13-14,19H,1-2,8,12,15H2/t19-/m1/s1. The van der Waals surface area contributed by atoms with Crippen molar-refractivity contribution in [3.8, 4) is 22.4 Å². The lowest BCUT2D eigenvalue weighted by molar-refractivity contribution is 0.00403. The number of hydrogen-bond donors (Lipinski definition) is 0. The molecule has 0 bridgehead atoms. The zero-order chi connectivity index (χ0) is 16.2. The van der Waals surface area contributed by atoms with Crippen molar-refractivity contribution in [2.24, 2.45) is 0 Å². The van der Waals surface area contributed by atoms with E-state index in [1.165, 1.54) is 12.8 Å². The first-order valence-electron chi connectivity index (χ1n) is 8.54. The van der Waals surface area contributed by atoms with Gasteiger partial charge in [-0.15, -0.1) is 0 Å². The van der Waals surface area contributed by atoms with Crippen LogP contribution in [0.1, 0.15) is 19.3 Å². The molecule has 0 unspecified atom stereocenters. The minimum atomic E-state index is 0.299. The highest BCUT2D eigenvalue weighted by Crippen LogP contribution is 2.25. The topological polar surface area (TPSA) is 39.9 Å². The van der Waals surface area contributed by atoms with Crippen LogP contribution >= 0.6 is 0 Å². The molecule has 1 aromatic carbocycles. The van der Waals surface area contributed by atoms with Gasteiger partial charge in [-0.2, -0.15) is 5.10 Å². The van der Waals surface area contributed by atoms with E-state index >= 15 is 0 Å². The molecular weight excluding hydrogens is 298 g/mol. The van der Waals surface area contributed by atoms with Gasteiger partial charge in [0.05, 0.1) is 18.3 Å². The minimum Gasteiger partial charge on any atom is -0.376 e. The van der Waals surface area contributed by atoms with Crippen molar-refractivity contribution in [2.75, 3.05) is 6.61 Å². The first-order valence-corrected chi connectivity index (χ1v) is 8.54. The summed E-state index contributed by atoms with van der Waals surface area (Å²) in [6.45, 7) is 1.72. The molecule has 4 nitrogen and oxygen atoms in total. The largest absolute Gasteiger partial charge is 0.376 e. The Hall–Kier alpha value is -2.46. The first kappa shape index (κ1) is 15.1. The van der Waals surface area contributed by atoms with E-state index in [0.29, 0.717) is 6.10 Å². The Morgan fingerprint density at radius 1 is 1.04 bits per heavy atom. The van der Waals surface area contributed by atoms with Crippen LogP contribution in [0.15, 0.2) is 61.1 Å². The van der Waals surface area contributed by atoms with Gasteiger partial charge in [-0.3, -0.25) is 9.67 Å². The first-order chi connectivity index (χ1) is 11.9. The fraction of sp³-hybridized carbons (Fsp3) is 0.300. The molecule has 1 aliphatic heterocycles. The molecule has 0 spiro atoms. The number of rotatable bonds is 4. The third kappa shape index (κ3) is 3.39. The monoisotopic (exact) mass is 319 g/mol. The van der Waals surface area contributed by atoms with Gasteiger partial charge in [-0.25, -0.2) is 0 Å². The van der Waals surface area contributed by atoms with E-state index in [-0.39, 0.29) is 0 Å². The van der Waals surface area contributed by atoms with Crippen molar-refractivity contribution in [1.82, 2.24) is 14.8 Å². The van der Waals surface area contributed by atoms with Crippen LogP contribution in [0, 0.1) is 0 Å². The minimum absolute atomic E-state index is 0.299. The molecule has 0 aliphatic carbocycles. The quantitative estimate of drug-likeness (QED) is 0.724. The van der Waals surface area contributed by atoms with Crippen LogP contribution in [0.4, 0.5) is 0 Å². The second-order valence-electron chi connectivity index (χ2n) is 6.23. The normalized spacial score (nSPS) is 17.8. The van der Waals surface area contributed by atoms with Crippen molar-refractivity contribution in [1.29, 1.82) is 0 Å². The Kier molecular flexibility index (Phi) is 4.38. The van der Waals surface area contributed by atoms with Gasteiger partial charge in [0.2, 0.25) is 0 Å². The maximum atomic E-state index is 5.81. The Morgan fingerprint density at radius 3 is 2.79 bits per heavy atom. The summed E-state index contributed by atoms with van der Waals surface area (Å²) >= 11 is 0. The molecule has 1 fully saturated rings. The van der Waals surface area contributed by atoms with Crippen LogP contribution < -0.4 is 0 Å². The molecular formula is C20H21N3O. The van der Waals surface area contributed by atoms with Crippen molar-refractivity contribution < 1.29 is 4.74 Å². The predicted molar refractivity (Wildman–Crippen MR) is 94.5 cm³/mol. The third-order valence-corrected chi connectivity index (χ3v) is 4.46. The van der Waals surface area contributed by atoms with Gasteiger partial charge in [0.15, 0.2) is 0 Å². The zero-order valence-corrected chi connectivity index (χ0v) is 13.6. The van der Waals surface area contributed by atoms with E-state index in [9.17, 15) is 0 Å². The lowest BCUT2D eigenvalue weighted by Crippen LogP contribution is -2.24. The highest BCUT2D eigenvalue weighted by Gasteiger charge is 2.15. The van der Waals surface area contributed by atoms with Crippen molar-refractivity contribution >= 4 is 0 Å². The highest BCUT2D eigenvalue weighted by atomic mass is 16.5. The highest BCUT2D eigenvalue weighted by molar-refractivity contribution is 5.70. The van der Waals surface area contributed by atoms with Crippen molar-refractivity contribution in [3.63, 3.8) is 0 Å². The van der Waals surface area contributed by atoms with Gasteiger partial charge in [0.25, 0.3) is 0 Å². The molecule has 122 valence electrons. The average Bonchev–Trinajstić information content (AvgIpc) is 3.12. The van der Waals surface area contributed by atoms with E-state index in [1.807, 2.05) is 23.1 Å². The van der Waals surface area contributed by atoms with Crippen molar-refractivity contribution in [3.05, 3.63) is 61.1 Å². The molecule has 4 rings (SSSR count). The second kappa shape index (κ2) is 6.97. The number of ether oxygens (including phenoxy) is 1. The van der Waals surface area contributed by atoms with Crippen LogP contribution in [-0.4, -0.2) is 27.5 Å². The third-order valence-electron chi connectivity index (χ3n) is 4.46. The molecule has 2 aromatic heterocycles. The summed E-state index contributed by atoms with van der Waals surface area (Å²) in [6, 6.07) is 14.6. The summed E-state index contributed by atoms with van der Waals surface area (Å²) in [5, 5.41) is 4.73. The number of aromatic nitrogens is 3. The SMILES string of the molecule is c1cncc(-c2cccc(-c3ccn(C[C@H]4CCCCO4)n3)c2)c1. The van der Waals surface area contributed by atoms with Gasteiger partial charge in [0, 0.05) is 36.3 Å². The molecule has 1 aliphatic rings. The average molecular weight is 319 g/mol. The van der Waals surface area contributed by atoms with E-state index in [4.69, 9.17) is 9.84 Å². The summed E-state index contributed by atoms with van der Waals surface area (Å²) in [4.78, 5) is 4.20. The summed E-state index contributed by atoms with van der Waals surface area (Å²) in [5.74, 6) is 0. The molecule has 0 N–H and O–H groups in total. The molecule has 24 heavy (non-hydrogen) atoms. The summed E-state index contributed by atoms with van der Waals surface area (Å²) < 4.78 is 7.81. The molecule has 3 heterocycles. The lowest BCUT2D eigenvalue weighted by Gasteiger charge is -2.22. The van der Waals surface area contributed by atoms with E-state index in [1.54, 1.807) is 6.20 Å². The van der Waals surface area contributed by atoms with Crippen LogP contribution in [0.3, 0.4) is 0 Å². The van der Waals surface area contributed by atoms with Crippen molar-refractivity contribution in [2.45, 2.75) is 31.9 Å². The van der Waals surface area contributed by atoms with E-state index in [0.717, 1.165) is 42.0 Å². The smallest absolute Gasteiger partial charge is 0.0923 e.